The predicted molar refractivity (Wildman–Crippen MR) is 49.9 cm³/mol. The van der Waals surface area contributed by atoms with Crippen LogP contribution in [0.1, 0.15) is 6.92 Å². The first-order valence-corrected chi connectivity index (χ1v) is 4.72. The summed E-state index contributed by atoms with van der Waals surface area (Å²) in [6.45, 7) is 3.31. The molecule has 1 rings (SSSR count). The highest BCUT2D eigenvalue weighted by Gasteiger charge is 2.24. The number of hydrogen-bond acceptors (Lipinski definition) is 4. The van der Waals surface area contributed by atoms with Gasteiger partial charge in [-0.1, -0.05) is 0 Å². The molecule has 0 bridgehead atoms. The Hall–Kier alpha value is -0.650. The van der Waals surface area contributed by atoms with Gasteiger partial charge in [0, 0.05) is 20.2 Å². The van der Waals surface area contributed by atoms with Crippen LogP contribution in [0.4, 0.5) is 0 Å². The first-order valence-electron chi connectivity index (χ1n) is 4.72. The van der Waals surface area contributed by atoms with Crippen molar-refractivity contribution in [3.05, 3.63) is 0 Å². The van der Waals surface area contributed by atoms with Gasteiger partial charge >= 0.3 is 0 Å². The van der Waals surface area contributed by atoms with Crippen molar-refractivity contribution in [1.29, 1.82) is 0 Å². The van der Waals surface area contributed by atoms with E-state index in [9.17, 15) is 9.90 Å². The second-order valence-electron chi connectivity index (χ2n) is 3.39. The quantitative estimate of drug-likeness (QED) is 0.641. The van der Waals surface area contributed by atoms with E-state index in [2.05, 4.69) is 0 Å². The fourth-order valence-corrected chi connectivity index (χ4v) is 1.35. The predicted octanol–water partition coefficient (Wildman–Crippen LogP) is -0.759. The van der Waals surface area contributed by atoms with Crippen LogP contribution in [-0.4, -0.2) is 61.5 Å². The van der Waals surface area contributed by atoms with E-state index in [1.807, 2.05) is 0 Å². The molecule has 5 heteroatoms. The van der Waals surface area contributed by atoms with Crippen LogP contribution in [-0.2, 0) is 14.3 Å². The largest absolute Gasteiger partial charge is 0.389 e. The Labute approximate surface area is 83.6 Å². The summed E-state index contributed by atoms with van der Waals surface area (Å²) in [5, 5.41) is 9.40. The standard InChI is InChI=1S/C9H17NO4/c1-7(13-2)9(12)10-3-4-14-6-8(11)5-10/h7-8,11H,3-6H2,1-2H3. The molecule has 1 aliphatic rings. The first kappa shape index (κ1) is 11.4. The summed E-state index contributed by atoms with van der Waals surface area (Å²) >= 11 is 0. The number of nitrogens with zero attached hydrogens (tertiary/aromatic N) is 1. The van der Waals surface area contributed by atoms with Crippen molar-refractivity contribution in [2.45, 2.75) is 19.1 Å². The van der Waals surface area contributed by atoms with Crippen molar-refractivity contribution in [3.63, 3.8) is 0 Å². The Bertz CT molecular complexity index is 197. The Balaban J connectivity index is 2.52. The summed E-state index contributed by atoms with van der Waals surface area (Å²) < 4.78 is 10.0. The van der Waals surface area contributed by atoms with Crippen LogP contribution in [0.25, 0.3) is 0 Å². The Morgan fingerprint density at radius 1 is 1.71 bits per heavy atom. The summed E-state index contributed by atoms with van der Waals surface area (Å²) in [5.74, 6) is -0.1000. The molecule has 5 nitrogen and oxygen atoms in total. The van der Waals surface area contributed by atoms with E-state index in [4.69, 9.17) is 9.47 Å². The molecule has 2 unspecified atom stereocenters. The van der Waals surface area contributed by atoms with E-state index in [-0.39, 0.29) is 5.91 Å². The van der Waals surface area contributed by atoms with Gasteiger partial charge in [-0.3, -0.25) is 4.79 Å². The maximum Gasteiger partial charge on any atom is 0.251 e. The summed E-state index contributed by atoms with van der Waals surface area (Å²) in [6.07, 6.45) is -1.05. The lowest BCUT2D eigenvalue weighted by Gasteiger charge is -2.23. The van der Waals surface area contributed by atoms with E-state index in [0.29, 0.717) is 26.3 Å². The SMILES string of the molecule is COC(C)C(=O)N1CCOCC(O)C1. The van der Waals surface area contributed by atoms with Gasteiger partial charge in [-0.2, -0.15) is 0 Å². The summed E-state index contributed by atoms with van der Waals surface area (Å²) in [6, 6.07) is 0. The third kappa shape index (κ3) is 2.94. The smallest absolute Gasteiger partial charge is 0.251 e. The molecule has 0 aromatic rings. The van der Waals surface area contributed by atoms with E-state index in [1.54, 1.807) is 11.8 Å². The number of aliphatic hydroxyl groups is 1. The highest BCUT2D eigenvalue weighted by atomic mass is 16.5. The van der Waals surface area contributed by atoms with Crippen LogP contribution in [0, 0.1) is 0 Å². The molecule has 0 spiro atoms. The van der Waals surface area contributed by atoms with Gasteiger partial charge in [-0.05, 0) is 6.92 Å². The fraction of sp³-hybridized carbons (Fsp3) is 0.889. The molecule has 1 amide bonds. The molecule has 1 heterocycles. The van der Waals surface area contributed by atoms with Crippen molar-refractivity contribution < 1.29 is 19.4 Å². The van der Waals surface area contributed by atoms with E-state index >= 15 is 0 Å². The first-order chi connectivity index (χ1) is 6.65. The van der Waals surface area contributed by atoms with Gasteiger partial charge in [-0.25, -0.2) is 0 Å². The minimum absolute atomic E-state index is 0.1000. The van der Waals surface area contributed by atoms with E-state index < -0.39 is 12.2 Å². The maximum atomic E-state index is 11.7. The zero-order chi connectivity index (χ0) is 10.6. The molecule has 14 heavy (non-hydrogen) atoms. The minimum Gasteiger partial charge on any atom is -0.389 e. The molecular formula is C9H17NO4. The maximum absolute atomic E-state index is 11.7. The number of methoxy groups -OCH3 is 1. The summed E-state index contributed by atoms with van der Waals surface area (Å²) in [4.78, 5) is 13.2. The zero-order valence-electron chi connectivity index (χ0n) is 8.60. The Morgan fingerprint density at radius 3 is 3.07 bits per heavy atom. The summed E-state index contributed by atoms with van der Waals surface area (Å²) in [7, 11) is 1.49. The highest BCUT2D eigenvalue weighted by molar-refractivity contribution is 5.80. The Morgan fingerprint density at radius 2 is 2.43 bits per heavy atom. The molecule has 0 radical (unpaired) electrons. The number of carbonyl (C=O) groups is 1. The molecule has 1 N–H and O–H groups in total. The van der Waals surface area contributed by atoms with Crippen molar-refractivity contribution in [3.8, 4) is 0 Å². The van der Waals surface area contributed by atoms with Crippen LogP contribution in [0.2, 0.25) is 0 Å². The van der Waals surface area contributed by atoms with Crippen LogP contribution >= 0.6 is 0 Å². The van der Waals surface area contributed by atoms with Crippen LogP contribution in [0.3, 0.4) is 0 Å². The monoisotopic (exact) mass is 203 g/mol. The lowest BCUT2D eigenvalue weighted by molar-refractivity contribution is -0.141. The Kier molecular flexibility index (Phi) is 4.31. The van der Waals surface area contributed by atoms with Crippen molar-refractivity contribution in [2.75, 3.05) is 33.4 Å². The number of ether oxygens (including phenoxy) is 2. The lowest BCUT2D eigenvalue weighted by atomic mass is 10.3. The average molecular weight is 203 g/mol. The van der Waals surface area contributed by atoms with Crippen molar-refractivity contribution >= 4 is 5.91 Å². The number of hydrogen-bond donors (Lipinski definition) is 1. The van der Waals surface area contributed by atoms with Crippen LogP contribution < -0.4 is 0 Å². The van der Waals surface area contributed by atoms with Gasteiger partial charge in [0.05, 0.1) is 19.3 Å². The fourth-order valence-electron chi connectivity index (χ4n) is 1.35. The second-order valence-corrected chi connectivity index (χ2v) is 3.39. The highest BCUT2D eigenvalue weighted by Crippen LogP contribution is 2.04. The van der Waals surface area contributed by atoms with E-state index in [0.717, 1.165) is 0 Å². The molecule has 0 aliphatic carbocycles. The van der Waals surface area contributed by atoms with Crippen molar-refractivity contribution in [2.24, 2.45) is 0 Å². The molecule has 0 aromatic heterocycles. The number of amides is 1. The van der Waals surface area contributed by atoms with Crippen molar-refractivity contribution in [1.82, 2.24) is 4.90 Å². The second kappa shape index (κ2) is 5.29. The van der Waals surface area contributed by atoms with Gasteiger partial charge in [0.15, 0.2) is 0 Å². The number of rotatable bonds is 2. The third-order valence-electron chi connectivity index (χ3n) is 2.26. The van der Waals surface area contributed by atoms with Gasteiger partial charge in [-0.15, -0.1) is 0 Å². The molecule has 1 saturated heterocycles. The van der Waals surface area contributed by atoms with E-state index in [1.165, 1.54) is 7.11 Å². The van der Waals surface area contributed by atoms with Gasteiger partial charge in [0.1, 0.15) is 6.10 Å². The molecule has 0 aromatic carbocycles. The number of β-amino-alcohol motifs (C(OH)–C–C–N with tert-alkyl or cyclic N) is 1. The van der Waals surface area contributed by atoms with Gasteiger partial charge < -0.3 is 19.5 Å². The normalized spacial score (nSPS) is 25.6. The van der Waals surface area contributed by atoms with Crippen LogP contribution in [0.15, 0.2) is 0 Å². The molecular weight excluding hydrogens is 186 g/mol. The summed E-state index contributed by atoms with van der Waals surface area (Å²) in [5.41, 5.74) is 0. The minimum atomic E-state index is -0.592. The molecule has 82 valence electrons. The number of aliphatic hydroxyl groups excluding tert-OH is 1. The number of carbonyl (C=O) groups excluding carboxylic acids is 1. The van der Waals surface area contributed by atoms with Crippen LogP contribution in [0.5, 0.6) is 0 Å². The van der Waals surface area contributed by atoms with Gasteiger partial charge in [0.2, 0.25) is 0 Å². The molecule has 2 atom stereocenters. The van der Waals surface area contributed by atoms with Gasteiger partial charge in [0.25, 0.3) is 5.91 Å². The molecule has 1 aliphatic heterocycles. The molecule has 0 saturated carbocycles. The zero-order valence-corrected chi connectivity index (χ0v) is 8.60. The average Bonchev–Trinajstić information content (AvgIpc) is 2.40. The topological polar surface area (TPSA) is 59.0 Å². The molecule has 1 fully saturated rings. The third-order valence-corrected chi connectivity index (χ3v) is 2.26. The lowest BCUT2D eigenvalue weighted by Crippen LogP contribution is -2.43.